The lowest BCUT2D eigenvalue weighted by Gasteiger charge is -2.08. The minimum absolute atomic E-state index is 0.605. The number of hydrogen-bond donors (Lipinski definition) is 1. The maximum absolute atomic E-state index is 3.58. The van der Waals surface area contributed by atoms with Crippen molar-refractivity contribution in [2.24, 2.45) is 0 Å². The van der Waals surface area contributed by atoms with Crippen LogP contribution in [0.2, 0.25) is 0 Å². The number of nitrogens with one attached hydrogen (secondary N) is 1. The van der Waals surface area contributed by atoms with Gasteiger partial charge in [-0.2, -0.15) is 0 Å². The van der Waals surface area contributed by atoms with E-state index in [-0.39, 0.29) is 0 Å². The lowest BCUT2D eigenvalue weighted by molar-refractivity contribution is 0.557. The Morgan fingerprint density at radius 1 is 1.25 bits per heavy atom. The summed E-state index contributed by atoms with van der Waals surface area (Å²) < 4.78 is 1.23. The highest BCUT2D eigenvalue weighted by Crippen LogP contribution is 2.18. The first-order chi connectivity index (χ1) is 7.59. The number of benzene rings is 1. The molecular formula is C14H22BrN. The van der Waals surface area contributed by atoms with E-state index in [2.05, 4.69) is 60.2 Å². The lowest BCUT2D eigenvalue weighted by Crippen LogP contribution is -2.23. The molecule has 0 radical (unpaired) electrons. The Hall–Kier alpha value is -0.340. The van der Waals surface area contributed by atoms with Crippen molar-refractivity contribution in [3.05, 3.63) is 33.8 Å². The number of rotatable bonds is 6. The second-order valence-electron chi connectivity index (χ2n) is 4.65. The van der Waals surface area contributed by atoms with Crippen LogP contribution < -0.4 is 5.32 Å². The SMILES string of the molecule is Cc1ccc(CCCCNC(C)C)cc1Br. The Kier molecular flexibility index (Phi) is 6.07. The molecule has 0 bridgehead atoms. The molecule has 0 atom stereocenters. The summed E-state index contributed by atoms with van der Waals surface area (Å²) in [6, 6.07) is 7.26. The van der Waals surface area contributed by atoms with Gasteiger partial charge in [-0.25, -0.2) is 0 Å². The quantitative estimate of drug-likeness (QED) is 0.776. The predicted octanol–water partition coefficient (Wildman–Crippen LogP) is 4.08. The standard InChI is InChI=1S/C14H22BrN/c1-11(2)16-9-5-4-6-13-8-7-12(3)14(15)10-13/h7-8,10-11,16H,4-6,9H2,1-3H3. The van der Waals surface area contributed by atoms with Crippen LogP contribution in [0.4, 0.5) is 0 Å². The Balaban J connectivity index is 2.24. The second kappa shape index (κ2) is 7.08. The summed E-state index contributed by atoms with van der Waals surface area (Å²) in [5.41, 5.74) is 2.74. The molecule has 90 valence electrons. The fraction of sp³-hybridized carbons (Fsp3) is 0.571. The highest BCUT2D eigenvalue weighted by atomic mass is 79.9. The van der Waals surface area contributed by atoms with Gasteiger partial charge in [0.1, 0.15) is 0 Å². The van der Waals surface area contributed by atoms with E-state index in [1.807, 2.05) is 0 Å². The molecule has 0 saturated carbocycles. The van der Waals surface area contributed by atoms with Gasteiger partial charge in [0.15, 0.2) is 0 Å². The molecule has 0 aliphatic rings. The van der Waals surface area contributed by atoms with Gasteiger partial charge in [-0.1, -0.05) is 41.9 Å². The molecule has 0 fully saturated rings. The third-order valence-electron chi connectivity index (χ3n) is 2.68. The van der Waals surface area contributed by atoms with Gasteiger partial charge in [-0.05, 0) is 49.9 Å². The van der Waals surface area contributed by atoms with Crippen LogP contribution in [-0.2, 0) is 6.42 Å². The normalized spacial score (nSPS) is 11.1. The summed E-state index contributed by atoms with van der Waals surface area (Å²) in [5, 5.41) is 3.44. The minimum Gasteiger partial charge on any atom is -0.315 e. The maximum atomic E-state index is 3.58. The third kappa shape index (κ3) is 5.13. The van der Waals surface area contributed by atoms with Gasteiger partial charge in [-0.3, -0.25) is 0 Å². The first-order valence-electron chi connectivity index (χ1n) is 6.08. The Morgan fingerprint density at radius 3 is 2.62 bits per heavy atom. The zero-order chi connectivity index (χ0) is 12.0. The summed E-state index contributed by atoms with van der Waals surface area (Å²) in [7, 11) is 0. The highest BCUT2D eigenvalue weighted by molar-refractivity contribution is 9.10. The van der Waals surface area contributed by atoms with Gasteiger partial charge < -0.3 is 5.32 Å². The molecule has 1 N–H and O–H groups in total. The first kappa shape index (κ1) is 13.7. The summed E-state index contributed by atoms with van der Waals surface area (Å²) in [6.07, 6.45) is 3.69. The van der Waals surface area contributed by atoms with Gasteiger partial charge in [0.05, 0.1) is 0 Å². The van der Waals surface area contributed by atoms with E-state index in [1.54, 1.807) is 0 Å². The number of aryl methyl sites for hydroxylation is 2. The van der Waals surface area contributed by atoms with E-state index >= 15 is 0 Å². The highest BCUT2D eigenvalue weighted by Gasteiger charge is 1.98. The molecule has 0 spiro atoms. The molecule has 16 heavy (non-hydrogen) atoms. The van der Waals surface area contributed by atoms with Gasteiger partial charge in [0.2, 0.25) is 0 Å². The van der Waals surface area contributed by atoms with Crippen molar-refractivity contribution in [3.63, 3.8) is 0 Å². The van der Waals surface area contributed by atoms with Gasteiger partial charge in [0.25, 0.3) is 0 Å². The van der Waals surface area contributed by atoms with Crippen LogP contribution in [0, 0.1) is 6.92 Å². The van der Waals surface area contributed by atoms with E-state index in [1.165, 1.54) is 34.9 Å². The van der Waals surface area contributed by atoms with Crippen LogP contribution in [-0.4, -0.2) is 12.6 Å². The smallest absolute Gasteiger partial charge is 0.0207 e. The lowest BCUT2D eigenvalue weighted by atomic mass is 10.1. The fourth-order valence-corrected chi connectivity index (χ4v) is 2.06. The molecule has 0 aromatic heterocycles. The van der Waals surface area contributed by atoms with Crippen molar-refractivity contribution in [3.8, 4) is 0 Å². The van der Waals surface area contributed by atoms with Crippen molar-refractivity contribution in [2.75, 3.05) is 6.54 Å². The Morgan fingerprint density at radius 2 is 2.00 bits per heavy atom. The average Bonchev–Trinajstić information content (AvgIpc) is 2.22. The number of hydrogen-bond acceptors (Lipinski definition) is 1. The van der Waals surface area contributed by atoms with Crippen molar-refractivity contribution in [1.29, 1.82) is 0 Å². The van der Waals surface area contributed by atoms with E-state index in [9.17, 15) is 0 Å². The second-order valence-corrected chi connectivity index (χ2v) is 5.50. The molecule has 0 unspecified atom stereocenters. The average molecular weight is 284 g/mol. The molecule has 1 nitrogen and oxygen atoms in total. The molecule has 1 rings (SSSR count). The molecule has 1 aromatic carbocycles. The molecule has 0 saturated heterocycles. The summed E-state index contributed by atoms with van der Waals surface area (Å²) in [6.45, 7) is 7.64. The topological polar surface area (TPSA) is 12.0 Å². The van der Waals surface area contributed by atoms with Crippen molar-refractivity contribution < 1.29 is 0 Å². The Bertz CT molecular complexity index is 321. The molecule has 0 aliphatic heterocycles. The zero-order valence-corrected chi connectivity index (χ0v) is 12.1. The van der Waals surface area contributed by atoms with E-state index < -0.39 is 0 Å². The number of halogens is 1. The van der Waals surface area contributed by atoms with Gasteiger partial charge in [0, 0.05) is 10.5 Å². The van der Waals surface area contributed by atoms with E-state index in [4.69, 9.17) is 0 Å². The van der Waals surface area contributed by atoms with Crippen molar-refractivity contribution in [1.82, 2.24) is 5.32 Å². The predicted molar refractivity (Wildman–Crippen MR) is 75.0 cm³/mol. The third-order valence-corrected chi connectivity index (χ3v) is 3.54. The zero-order valence-electron chi connectivity index (χ0n) is 10.5. The first-order valence-corrected chi connectivity index (χ1v) is 6.87. The largest absolute Gasteiger partial charge is 0.315 e. The molecule has 1 aromatic rings. The summed E-state index contributed by atoms with van der Waals surface area (Å²) in [4.78, 5) is 0. The fourth-order valence-electron chi connectivity index (χ4n) is 1.64. The van der Waals surface area contributed by atoms with Crippen LogP contribution in [0.5, 0.6) is 0 Å². The van der Waals surface area contributed by atoms with Crippen LogP contribution in [0.15, 0.2) is 22.7 Å². The minimum atomic E-state index is 0.605. The maximum Gasteiger partial charge on any atom is 0.0207 e. The van der Waals surface area contributed by atoms with E-state index in [0.29, 0.717) is 6.04 Å². The monoisotopic (exact) mass is 283 g/mol. The van der Waals surface area contributed by atoms with E-state index in [0.717, 1.165) is 6.54 Å². The van der Waals surface area contributed by atoms with Gasteiger partial charge >= 0.3 is 0 Å². The van der Waals surface area contributed by atoms with Crippen LogP contribution in [0.1, 0.15) is 37.8 Å². The van der Waals surface area contributed by atoms with Crippen LogP contribution >= 0.6 is 15.9 Å². The van der Waals surface area contributed by atoms with Gasteiger partial charge in [-0.15, -0.1) is 0 Å². The molecule has 0 amide bonds. The molecule has 0 heterocycles. The van der Waals surface area contributed by atoms with Crippen LogP contribution in [0.3, 0.4) is 0 Å². The van der Waals surface area contributed by atoms with Crippen LogP contribution in [0.25, 0.3) is 0 Å². The summed E-state index contributed by atoms with van der Waals surface area (Å²) >= 11 is 3.58. The molecule has 2 heteroatoms. The van der Waals surface area contributed by atoms with Crippen molar-refractivity contribution in [2.45, 2.75) is 46.1 Å². The Labute approximate surface area is 108 Å². The molecule has 0 aliphatic carbocycles. The van der Waals surface area contributed by atoms with Crippen molar-refractivity contribution >= 4 is 15.9 Å². The number of unbranched alkanes of at least 4 members (excludes halogenated alkanes) is 1. The molecular weight excluding hydrogens is 262 g/mol. The summed E-state index contributed by atoms with van der Waals surface area (Å²) in [5.74, 6) is 0.